The van der Waals surface area contributed by atoms with E-state index >= 15 is 0 Å². The first kappa shape index (κ1) is 10.1. The first-order valence-corrected chi connectivity index (χ1v) is 4.84. The summed E-state index contributed by atoms with van der Waals surface area (Å²) in [5, 5.41) is 0. The van der Waals surface area contributed by atoms with E-state index in [1.807, 2.05) is 0 Å². The van der Waals surface area contributed by atoms with Crippen LogP contribution in [-0.2, 0) is 15.5 Å². The molecule has 0 bridgehead atoms. The summed E-state index contributed by atoms with van der Waals surface area (Å²) in [4.78, 5) is 0. The van der Waals surface area contributed by atoms with E-state index in [2.05, 4.69) is 0 Å². The monoisotopic (exact) mass is 165 g/mol. The Bertz CT molecular complexity index is 87.7. The van der Waals surface area contributed by atoms with E-state index in [1.165, 1.54) is 0 Å². The molecule has 1 atom stereocenters. The predicted molar refractivity (Wildman–Crippen MR) is 43.4 cm³/mol. The van der Waals surface area contributed by atoms with Crippen molar-refractivity contribution in [2.75, 3.05) is 31.8 Å². The van der Waals surface area contributed by atoms with Crippen LogP contribution >= 0.6 is 0 Å². The quantitative estimate of drug-likeness (QED) is 0.589. The van der Waals surface area contributed by atoms with Crippen molar-refractivity contribution in [1.82, 2.24) is 0 Å². The van der Waals surface area contributed by atoms with Crippen LogP contribution in [0.2, 0.25) is 0 Å². The molecule has 0 radical (unpaired) electrons. The number of hydrogen-bond acceptors (Lipinski definition) is 3. The molecule has 0 aromatic rings. The van der Waals surface area contributed by atoms with Gasteiger partial charge in [0.25, 0.3) is 0 Å². The van der Waals surface area contributed by atoms with Crippen molar-refractivity contribution in [3.8, 4) is 0 Å². The van der Waals surface area contributed by atoms with Gasteiger partial charge in [0.2, 0.25) is 0 Å². The van der Waals surface area contributed by atoms with Crippen molar-refractivity contribution in [3.63, 3.8) is 0 Å². The molecule has 2 N–H and O–H groups in total. The first-order chi connectivity index (χ1) is 4.81. The summed E-state index contributed by atoms with van der Waals surface area (Å²) < 4.78 is 15.7. The van der Waals surface area contributed by atoms with Crippen molar-refractivity contribution >= 4 is 10.8 Å². The number of hydrogen-bond donors (Lipinski definition) is 1. The van der Waals surface area contributed by atoms with Crippen molar-refractivity contribution in [3.05, 3.63) is 0 Å². The second-order valence-corrected chi connectivity index (χ2v) is 3.68. The predicted octanol–water partition coefficient (Wildman–Crippen LogP) is -0.270. The third-order valence-electron chi connectivity index (χ3n) is 1.09. The Hall–Kier alpha value is 0.0700. The molecule has 0 rings (SSSR count). The topological polar surface area (TPSA) is 52.3 Å². The van der Waals surface area contributed by atoms with E-state index in [-0.39, 0.29) is 0 Å². The third kappa shape index (κ3) is 6.19. The Morgan fingerprint density at radius 2 is 2.20 bits per heavy atom. The minimum absolute atomic E-state index is 0.581. The highest BCUT2D eigenvalue weighted by Crippen LogP contribution is 1.85. The van der Waals surface area contributed by atoms with Crippen LogP contribution in [0.3, 0.4) is 0 Å². The average molecular weight is 165 g/mol. The summed E-state index contributed by atoms with van der Waals surface area (Å²) in [6, 6.07) is 0. The highest BCUT2D eigenvalue weighted by Gasteiger charge is 1.96. The molecule has 0 saturated carbocycles. The fourth-order valence-electron chi connectivity index (χ4n) is 0.523. The third-order valence-corrected chi connectivity index (χ3v) is 2.46. The maximum Gasteiger partial charge on any atom is 0.0577 e. The van der Waals surface area contributed by atoms with Crippen LogP contribution in [-0.4, -0.2) is 36.0 Å². The number of ether oxygens (including phenoxy) is 1. The molecular weight excluding hydrogens is 150 g/mol. The van der Waals surface area contributed by atoms with Gasteiger partial charge in [0.15, 0.2) is 0 Å². The zero-order valence-corrected chi connectivity index (χ0v) is 7.15. The zero-order valence-electron chi connectivity index (χ0n) is 6.34. The lowest BCUT2D eigenvalue weighted by molar-refractivity contribution is 0.218. The van der Waals surface area contributed by atoms with Gasteiger partial charge >= 0.3 is 0 Å². The summed E-state index contributed by atoms with van der Waals surface area (Å²) >= 11 is 0. The van der Waals surface area contributed by atoms with E-state index in [0.717, 1.165) is 6.42 Å². The summed E-state index contributed by atoms with van der Waals surface area (Å²) in [7, 11) is 0.886. The molecule has 10 heavy (non-hydrogen) atoms. The van der Waals surface area contributed by atoms with E-state index in [1.54, 1.807) is 7.11 Å². The van der Waals surface area contributed by atoms with Crippen LogP contribution in [0.15, 0.2) is 0 Å². The van der Waals surface area contributed by atoms with Gasteiger partial charge in [-0.1, -0.05) is 0 Å². The normalized spacial score (nSPS) is 13.4. The second-order valence-electron chi connectivity index (χ2n) is 1.98. The first-order valence-electron chi connectivity index (χ1n) is 3.35. The van der Waals surface area contributed by atoms with Gasteiger partial charge in [-0.2, -0.15) is 0 Å². The summed E-state index contributed by atoms with van der Waals surface area (Å²) in [5.74, 6) is 1.34. The molecule has 0 aliphatic rings. The fraction of sp³-hybridized carbons (Fsp3) is 1.00. The van der Waals surface area contributed by atoms with Crippen LogP contribution in [0.25, 0.3) is 0 Å². The van der Waals surface area contributed by atoms with E-state index in [4.69, 9.17) is 10.5 Å². The average Bonchev–Trinajstić information content (AvgIpc) is 1.97. The van der Waals surface area contributed by atoms with Gasteiger partial charge in [0, 0.05) is 29.4 Å². The van der Waals surface area contributed by atoms with Crippen molar-refractivity contribution in [2.24, 2.45) is 5.73 Å². The van der Waals surface area contributed by atoms with Gasteiger partial charge in [0.1, 0.15) is 0 Å². The Labute approximate surface area is 64.4 Å². The Balaban J connectivity index is 3.09. The maximum absolute atomic E-state index is 10.9. The molecule has 3 nitrogen and oxygen atoms in total. The molecule has 0 fully saturated rings. The molecule has 62 valence electrons. The van der Waals surface area contributed by atoms with E-state index in [0.29, 0.717) is 24.7 Å². The highest BCUT2D eigenvalue weighted by molar-refractivity contribution is 7.84. The van der Waals surface area contributed by atoms with Gasteiger partial charge in [0.05, 0.1) is 6.61 Å². The van der Waals surface area contributed by atoms with Gasteiger partial charge in [-0.05, 0) is 13.0 Å². The Morgan fingerprint density at radius 1 is 1.50 bits per heavy atom. The molecule has 0 aliphatic carbocycles. The molecular formula is C6H15NO2S. The maximum atomic E-state index is 10.9. The minimum Gasteiger partial charge on any atom is -0.384 e. The number of nitrogens with two attached hydrogens (primary N) is 1. The van der Waals surface area contributed by atoms with Crippen molar-refractivity contribution in [1.29, 1.82) is 0 Å². The summed E-state index contributed by atoms with van der Waals surface area (Å²) in [6.45, 7) is 1.20. The van der Waals surface area contributed by atoms with Crippen LogP contribution in [0.4, 0.5) is 0 Å². The summed E-state index contributed by atoms with van der Waals surface area (Å²) in [6.07, 6.45) is 0.844. The summed E-state index contributed by atoms with van der Waals surface area (Å²) in [5.41, 5.74) is 5.24. The molecule has 0 spiro atoms. The zero-order chi connectivity index (χ0) is 7.82. The Kier molecular flexibility index (Phi) is 7.23. The lowest BCUT2D eigenvalue weighted by Gasteiger charge is -1.98. The molecule has 1 unspecified atom stereocenters. The van der Waals surface area contributed by atoms with E-state index in [9.17, 15) is 4.21 Å². The number of rotatable bonds is 6. The lowest BCUT2D eigenvalue weighted by atomic mass is 10.5. The van der Waals surface area contributed by atoms with Gasteiger partial charge in [-0.3, -0.25) is 4.21 Å². The molecule has 0 heterocycles. The molecule has 0 amide bonds. The standard InChI is InChI=1S/C6H15NO2S/c1-9-4-6-10(8)5-2-3-7/h2-7H2,1H3. The molecule has 0 aromatic heterocycles. The van der Waals surface area contributed by atoms with Crippen molar-refractivity contribution < 1.29 is 8.95 Å². The van der Waals surface area contributed by atoms with Crippen LogP contribution in [0.5, 0.6) is 0 Å². The van der Waals surface area contributed by atoms with Crippen LogP contribution < -0.4 is 5.73 Å². The number of methoxy groups -OCH3 is 1. The van der Waals surface area contributed by atoms with Crippen molar-refractivity contribution in [2.45, 2.75) is 6.42 Å². The van der Waals surface area contributed by atoms with Crippen LogP contribution in [0, 0.1) is 0 Å². The highest BCUT2D eigenvalue weighted by atomic mass is 32.2. The second kappa shape index (κ2) is 7.18. The minimum atomic E-state index is -0.725. The molecule has 4 heteroatoms. The SMILES string of the molecule is COCCS(=O)CCCN. The van der Waals surface area contributed by atoms with Gasteiger partial charge in [-0.15, -0.1) is 0 Å². The van der Waals surface area contributed by atoms with Gasteiger partial charge in [-0.25, -0.2) is 0 Å². The lowest BCUT2D eigenvalue weighted by Crippen LogP contribution is -2.11. The molecule has 0 saturated heterocycles. The van der Waals surface area contributed by atoms with Gasteiger partial charge < -0.3 is 10.5 Å². The van der Waals surface area contributed by atoms with E-state index < -0.39 is 10.8 Å². The fourth-order valence-corrected chi connectivity index (χ4v) is 1.57. The Morgan fingerprint density at radius 3 is 2.70 bits per heavy atom. The smallest absolute Gasteiger partial charge is 0.0577 e. The largest absolute Gasteiger partial charge is 0.384 e. The van der Waals surface area contributed by atoms with Crippen LogP contribution in [0.1, 0.15) is 6.42 Å². The molecule has 0 aromatic carbocycles. The molecule has 0 aliphatic heterocycles.